The van der Waals surface area contributed by atoms with Gasteiger partial charge in [-0.2, -0.15) is 0 Å². The third-order valence-corrected chi connectivity index (χ3v) is 7.93. The van der Waals surface area contributed by atoms with E-state index in [9.17, 15) is 9.59 Å². The van der Waals surface area contributed by atoms with Crippen LogP contribution in [0, 0.1) is 0 Å². The maximum Gasteiger partial charge on any atom is 0.247 e. The molecule has 5 rings (SSSR count). The summed E-state index contributed by atoms with van der Waals surface area (Å²) in [5, 5.41) is 4.24. The molecule has 2 N–H and O–H groups in total. The van der Waals surface area contributed by atoms with E-state index < -0.39 is 6.04 Å². The van der Waals surface area contributed by atoms with Crippen LogP contribution in [0.25, 0.3) is 10.9 Å². The quantitative estimate of drug-likeness (QED) is 0.252. The zero-order valence-corrected chi connectivity index (χ0v) is 24.4. The lowest BCUT2D eigenvalue weighted by atomic mass is 9.94. The highest BCUT2D eigenvalue weighted by atomic mass is 16.5. The molecule has 1 aliphatic rings. The summed E-state index contributed by atoms with van der Waals surface area (Å²) in [7, 11) is 4.61. The Morgan fingerprint density at radius 2 is 1.74 bits per heavy atom. The number of nitrogens with one attached hydrogen (secondary N) is 2. The number of hydrogen-bond acceptors (Lipinski definition) is 6. The van der Waals surface area contributed by atoms with Crippen LogP contribution >= 0.6 is 0 Å². The molecule has 9 heteroatoms. The second-order valence-corrected chi connectivity index (χ2v) is 10.6. The van der Waals surface area contributed by atoms with Gasteiger partial charge in [0.05, 0.1) is 27.8 Å². The summed E-state index contributed by atoms with van der Waals surface area (Å²) in [5.41, 5.74) is 3.19. The molecule has 1 atom stereocenters. The zero-order valence-electron chi connectivity index (χ0n) is 24.4. The van der Waals surface area contributed by atoms with Crippen molar-refractivity contribution in [3.05, 3.63) is 83.8 Å². The van der Waals surface area contributed by atoms with Crippen molar-refractivity contribution in [3.8, 4) is 17.2 Å². The van der Waals surface area contributed by atoms with Crippen LogP contribution < -0.4 is 19.5 Å². The first-order valence-electron chi connectivity index (χ1n) is 14.4. The summed E-state index contributed by atoms with van der Waals surface area (Å²) in [6, 6.07) is 14.2. The normalized spacial score (nSPS) is 14.3. The number of fused-ring (bicyclic) bond motifs is 1. The number of hydrogen-bond donors (Lipinski definition) is 2. The number of ether oxygens (including phenoxy) is 3. The Morgan fingerprint density at radius 3 is 2.40 bits per heavy atom. The van der Waals surface area contributed by atoms with E-state index in [1.807, 2.05) is 42.6 Å². The van der Waals surface area contributed by atoms with Crippen molar-refractivity contribution < 1.29 is 23.8 Å². The molecule has 1 unspecified atom stereocenters. The molecule has 1 fully saturated rings. The number of pyridine rings is 1. The molecule has 0 aliphatic heterocycles. The van der Waals surface area contributed by atoms with Crippen LogP contribution in [0.15, 0.2) is 67.1 Å². The maximum atomic E-state index is 14.3. The number of amides is 2. The minimum absolute atomic E-state index is 0.0553. The largest absolute Gasteiger partial charge is 0.493 e. The first kappa shape index (κ1) is 29.0. The third-order valence-electron chi connectivity index (χ3n) is 7.93. The lowest BCUT2D eigenvalue weighted by Gasteiger charge is -2.34. The van der Waals surface area contributed by atoms with Gasteiger partial charge in [-0.05, 0) is 53.8 Å². The monoisotopic (exact) mass is 570 g/mol. The lowest BCUT2D eigenvalue weighted by molar-refractivity contribution is -0.141. The van der Waals surface area contributed by atoms with E-state index in [0.29, 0.717) is 22.8 Å². The highest BCUT2D eigenvalue weighted by molar-refractivity contribution is 5.92. The van der Waals surface area contributed by atoms with E-state index >= 15 is 0 Å². The first-order valence-corrected chi connectivity index (χ1v) is 14.4. The number of carbonyl (C=O) groups is 2. The van der Waals surface area contributed by atoms with Crippen molar-refractivity contribution in [3.63, 3.8) is 0 Å². The molecular formula is C33H38N4O5. The van der Waals surface area contributed by atoms with Gasteiger partial charge in [0.15, 0.2) is 11.5 Å². The number of aromatic nitrogens is 2. The molecule has 1 aliphatic carbocycles. The summed E-state index contributed by atoms with van der Waals surface area (Å²) in [4.78, 5) is 37.8. The Morgan fingerprint density at radius 1 is 1.00 bits per heavy atom. The molecule has 2 amide bonds. The molecule has 0 saturated heterocycles. The van der Waals surface area contributed by atoms with Gasteiger partial charge in [0.2, 0.25) is 17.6 Å². The fourth-order valence-corrected chi connectivity index (χ4v) is 5.81. The number of benzene rings is 2. The molecule has 1 saturated carbocycles. The molecule has 0 radical (unpaired) electrons. The van der Waals surface area contributed by atoms with Crippen molar-refractivity contribution in [1.82, 2.24) is 20.2 Å². The molecule has 2 aromatic carbocycles. The number of H-pyrrole nitrogens is 1. The standard InChI is InChI=1S/C33H38N4O5/c1-40-28-16-23(17-29(41-2)32(28)42-3)31(33(39)36-25-11-5-4-6-12-25)37(21-22-10-9-15-34-19-22)30(38)18-24-20-35-27-14-8-7-13-26(24)27/h7-10,13-17,19-20,25,31,35H,4-6,11-12,18,21H2,1-3H3,(H,36,39). The maximum absolute atomic E-state index is 14.3. The molecule has 9 nitrogen and oxygen atoms in total. The number of nitrogens with zero attached hydrogens (tertiary/aromatic N) is 2. The minimum atomic E-state index is -0.960. The topological polar surface area (TPSA) is 106 Å². The Hall–Kier alpha value is -4.53. The van der Waals surface area contributed by atoms with Gasteiger partial charge in [0.25, 0.3) is 0 Å². The van der Waals surface area contributed by atoms with Crippen LogP contribution in [-0.2, 0) is 22.6 Å². The molecule has 0 bridgehead atoms. The summed E-state index contributed by atoms with van der Waals surface area (Å²) in [6.07, 6.45) is 10.5. The first-order chi connectivity index (χ1) is 20.5. The molecule has 42 heavy (non-hydrogen) atoms. The second-order valence-electron chi connectivity index (χ2n) is 10.6. The van der Waals surface area contributed by atoms with Crippen LogP contribution in [0.2, 0.25) is 0 Å². The average molecular weight is 571 g/mol. The van der Waals surface area contributed by atoms with Crippen LogP contribution in [0.1, 0.15) is 54.8 Å². The van der Waals surface area contributed by atoms with Crippen molar-refractivity contribution >= 4 is 22.7 Å². The predicted octanol–water partition coefficient (Wildman–Crippen LogP) is 5.35. The van der Waals surface area contributed by atoms with Crippen molar-refractivity contribution in [1.29, 1.82) is 0 Å². The van der Waals surface area contributed by atoms with E-state index in [2.05, 4.69) is 15.3 Å². The Balaban J connectivity index is 1.59. The van der Waals surface area contributed by atoms with Gasteiger partial charge in [-0.15, -0.1) is 0 Å². The van der Waals surface area contributed by atoms with E-state index in [0.717, 1.165) is 47.7 Å². The smallest absolute Gasteiger partial charge is 0.247 e. The van der Waals surface area contributed by atoms with Crippen molar-refractivity contribution in [2.45, 2.75) is 57.2 Å². The van der Waals surface area contributed by atoms with Crippen LogP contribution in [0.3, 0.4) is 0 Å². The summed E-state index contributed by atoms with van der Waals surface area (Å²) >= 11 is 0. The number of rotatable bonds is 11. The molecule has 0 spiro atoms. The van der Waals surface area contributed by atoms with Gasteiger partial charge in [0.1, 0.15) is 6.04 Å². The molecular weight excluding hydrogens is 532 g/mol. The van der Waals surface area contributed by atoms with E-state index in [1.54, 1.807) is 29.4 Å². The number of para-hydroxylation sites is 1. The fraction of sp³-hybridized carbons (Fsp3) is 0.364. The van der Waals surface area contributed by atoms with Gasteiger partial charge in [0, 0.05) is 42.1 Å². The lowest BCUT2D eigenvalue weighted by Crippen LogP contribution is -2.47. The van der Waals surface area contributed by atoms with Gasteiger partial charge < -0.3 is 29.4 Å². The average Bonchev–Trinajstić information content (AvgIpc) is 3.43. The Labute approximate surface area is 246 Å². The number of methoxy groups -OCH3 is 3. The number of aromatic amines is 1. The Bertz CT molecular complexity index is 1490. The highest BCUT2D eigenvalue weighted by Crippen LogP contribution is 2.41. The SMILES string of the molecule is COc1cc(C(C(=O)NC2CCCCC2)N(Cc2cccnc2)C(=O)Cc2c[nH]c3ccccc23)cc(OC)c1OC. The van der Waals surface area contributed by atoms with Crippen molar-refractivity contribution in [2.75, 3.05) is 21.3 Å². The van der Waals surface area contributed by atoms with E-state index in [-0.39, 0.29) is 30.8 Å². The van der Waals surface area contributed by atoms with Crippen molar-refractivity contribution in [2.24, 2.45) is 0 Å². The van der Waals surface area contributed by atoms with Gasteiger partial charge in [-0.1, -0.05) is 43.5 Å². The minimum Gasteiger partial charge on any atom is -0.493 e. The second kappa shape index (κ2) is 13.4. The summed E-state index contributed by atoms with van der Waals surface area (Å²) < 4.78 is 16.8. The van der Waals surface area contributed by atoms with Crippen LogP contribution in [0.5, 0.6) is 17.2 Å². The predicted molar refractivity (Wildman–Crippen MR) is 161 cm³/mol. The van der Waals surface area contributed by atoms with Crippen LogP contribution in [-0.4, -0.2) is 54.1 Å². The Kier molecular flexibility index (Phi) is 9.26. The summed E-state index contributed by atoms with van der Waals surface area (Å²) in [6.45, 7) is 0.189. The van der Waals surface area contributed by atoms with Crippen LogP contribution in [0.4, 0.5) is 0 Å². The van der Waals surface area contributed by atoms with Gasteiger partial charge in [-0.25, -0.2) is 0 Å². The molecule has 2 aromatic heterocycles. The highest BCUT2D eigenvalue weighted by Gasteiger charge is 2.35. The third kappa shape index (κ3) is 6.35. The molecule has 220 valence electrons. The summed E-state index contributed by atoms with van der Waals surface area (Å²) in [5.74, 6) is 0.799. The van der Waals surface area contributed by atoms with E-state index in [4.69, 9.17) is 14.2 Å². The molecule has 2 heterocycles. The zero-order chi connectivity index (χ0) is 29.5. The van der Waals surface area contributed by atoms with Gasteiger partial charge in [-0.3, -0.25) is 14.6 Å². The van der Waals surface area contributed by atoms with E-state index in [1.165, 1.54) is 27.8 Å². The number of carbonyl (C=O) groups excluding carboxylic acids is 2. The fourth-order valence-electron chi connectivity index (χ4n) is 5.81. The molecule has 4 aromatic rings. The van der Waals surface area contributed by atoms with Gasteiger partial charge >= 0.3 is 0 Å².